The molecule has 51 heavy (non-hydrogen) atoms. The van der Waals surface area contributed by atoms with Crippen LogP contribution in [-0.2, 0) is 41.0 Å². The largest absolute Gasteiger partial charge is 0.388 e. The van der Waals surface area contributed by atoms with Crippen molar-refractivity contribution in [3.8, 4) is 0 Å². The van der Waals surface area contributed by atoms with E-state index < -0.39 is 30.8 Å². The van der Waals surface area contributed by atoms with Crippen LogP contribution in [0.3, 0.4) is 0 Å². The molecule has 7 rings (SSSR count). The molecule has 278 valence electrons. The minimum atomic E-state index is -2.89. The summed E-state index contributed by atoms with van der Waals surface area (Å²) in [6, 6.07) is 21.1. The number of hydrogen-bond acceptors (Lipinski definition) is 6. The van der Waals surface area contributed by atoms with E-state index in [1.54, 1.807) is 0 Å². The molecule has 0 radical (unpaired) electrons. The number of allylic oxidation sites excluding steroid dienone is 1. The zero-order chi connectivity index (χ0) is 36.1. The van der Waals surface area contributed by atoms with E-state index >= 15 is 0 Å². The first-order valence-corrected chi connectivity index (χ1v) is 22.1. The normalized spacial score (nSPS) is 39.0. The lowest BCUT2D eigenvalue weighted by Crippen LogP contribution is -2.81. The second-order valence-corrected chi connectivity index (χ2v) is 20.8. The minimum Gasteiger partial charge on any atom is -0.388 e. The van der Waals surface area contributed by atoms with Gasteiger partial charge in [-0.3, -0.25) is 0 Å². The molecule has 1 unspecified atom stereocenters. The van der Waals surface area contributed by atoms with Crippen molar-refractivity contribution in [3.63, 3.8) is 0 Å². The van der Waals surface area contributed by atoms with Gasteiger partial charge in [-0.2, -0.15) is 0 Å². The molecule has 0 aromatic heterocycles. The van der Waals surface area contributed by atoms with Crippen LogP contribution in [0.5, 0.6) is 0 Å². The lowest BCUT2D eigenvalue weighted by Gasteiger charge is -2.71. The van der Waals surface area contributed by atoms with Crippen LogP contribution in [0.4, 0.5) is 0 Å². The molecule has 5 aliphatic rings. The van der Waals surface area contributed by atoms with E-state index in [9.17, 15) is 0 Å². The van der Waals surface area contributed by atoms with Crippen LogP contribution in [0.1, 0.15) is 104 Å². The first-order chi connectivity index (χ1) is 24.3. The predicted molar refractivity (Wildman–Crippen MR) is 204 cm³/mol. The van der Waals surface area contributed by atoms with Gasteiger partial charge in [0.1, 0.15) is 6.10 Å². The summed E-state index contributed by atoms with van der Waals surface area (Å²) in [6.07, 6.45) is 9.86. The van der Waals surface area contributed by atoms with E-state index in [4.69, 9.17) is 34.4 Å². The zero-order valence-corrected chi connectivity index (χ0v) is 33.0. The monoisotopic (exact) mass is 714 g/mol. The van der Waals surface area contributed by atoms with Gasteiger partial charge in [0.2, 0.25) is 0 Å². The lowest BCUT2D eigenvalue weighted by molar-refractivity contribution is -0.400. The lowest BCUT2D eigenvalue weighted by atomic mass is 9.49. The van der Waals surface area contributed by atoms with Crippen LogP contribution in [0.25, 0.3) is 0 Å². The Balaban J connectivity index is 1.46. The summed E-state index contributed by atoms with van der Waals surface area (Å²) >= 11 is 0. The van der Waals surface area contributed by atoms with Gasteiger partial charge in [-0.1, -0.05) is 119 Å². The Morgan fingerprint density at radius 1 is 0.824 bits per heavy atom. The fourth-order valence-electron chi connectivity index (χ4n) is 10.8. The van der Waals surface area contributed by atoms with Crippen LogP contribution in [0.2, 0.25) is 12.1 Å². The SMILES string of the molecule is C=CCC[C@@]12O[Si](C)(C3CCCCC3)O[C@@H]([C@@H](OCc3ccccc3)[C@H]3OC(C)(C)O[C@H]4CCC(=C)[C@@H]([C@@H]1OCc1ccccc1)[C@@]43C)C2(C)C. The maximum Gasteiger partial charge on any atom is 0.339 e. The highest BCUT2D eigenvalue weighted by Gasteiger charge is 2.75. The van der Waals surface area contributed by atoms with Crippen LogP contribution in [0, 0.1) is 16.7 Å². The number of fused-ring (bicyclic) bond motifs is 2. The van der Waals surface area contributed by atoms with Gasteiger partial charge in [0.05, 0.1) is 43.2 Å². The zero-order valence-electron chi connectivity index (χ0n) is 32.0. The quantitative estimate of drug-likeness (QED) is 0.180. The van der Waals surface area contributed by atoms with Crippen molar-refractivity contribution in [3.05, 3.63) is 96.6 Å². The van der Waals surface area contributed by atoms with E-state index in [0.717, 1.165) is 49.7 Å². The van der Waals surface area contributed by atoms with Crippen LogP contribution < -0.4 is 0 Å². The van der Waals surface area contributed by atoms with Crippen molar-refractivity contribution in [2.75, 3.05) is 0 Å². The van der Waals surface area contributed by atoms with Crippen molar-refractivity contribution >= 4 is 8.56 Å². The predicted octanol–water partition coefficient (Wildman–Crippen LogP) is 10.2. The molecule has 6 nitrogen and oxygen atoms in total. The van der Waals surface area contributed by atoms with Gasteiger partial charge in [0, 0.05) is 22.3 Å². The van der Waals surface area contributed by atoms with E-state index in [1.165, 1.54) is 24.8 Å². The Morgan fingerprint density at radius 2 is 1.45 bits per heavy atom. The summed E-state index contributed by atoms with van der Waals surface area (Å²) in [4.78, 5) is 0. The molecule has 9 atom stereocenters. The fourth-order valence-corrected chi connectivity index (χ4v) is 14.8. The van der Waals surface area contributed by atoms with Gasteiger partial charge in [0.15, 0.2) is 5.79 Å². The molecule has 0 amide bonds. The smallest absolute Gasteiger partial charge is 0.339 e. The topological polar surface area (TPSA) is 55.4 Å². The molecule has 7 heteroatoms. The van der Waals surface area contributed by atoms with Gasteiger partial charge in [0.25, 0.3) is 0 Å². The average Bonchev–Trinajstić information content (AvgIpc) is 3.12. The molecular weight excluding hydrogens is 653 g/mol. The highest BCUT2D eigenvalue weighted by atomic mass is 28.4. The van der Waals surface area contributed by atoms with Crippen LogP contribution >= 0.6 is 0 Å². The molecule has 2 aromatic rings. The number of ether oxygens (including phenoxy) is 4. The van der Waals surface area contributed by atoms with Crippen LogP contribution in [0.15, 0.2) is 85.5 Å². The van der Waals surface area contributed by atoms with Crippen molar-refractivity contribution in [2.24, 2.45) is 16.7 Å². The summed E-state index contributed by atoms with van der Waals surface area (Å²) < 4.78 is 44.8. The maximum atomic E-state index is 8.01. The van der Waals surface area contributed by atoms with E-state index in [1.807, 2.05) is 6.08 Å². The third kappa shape index (κ3) is 6.57. The van der Waals surface area contributed by atoms with Crippen LogP contribution in [-0.4, -0.2) is 50.5 Å². The molecule has 2 bridgehead atoms. The van der Waals surface area contributed by atoms with E-state index in [-0.39, 0.29) is 36.4 Å². The second-order valence-electron chi connectivity index (χ2n) is 17.5. The fraction of sp³-hybridized carbons (Fsp3) is 0.636. The molecule has 2 aliphatic heterocycles. The summed E-state index contributed by atoms with van der Waals surface area (Å²) in [5.41, 5.74) is 2.06. The Hall–Kier alpha value is -2.10. The molecule has 2 saturated heterocycles. The molecule has 0 N–H and O–H groups in total. The first kappa shape index (κ1) is 37.2. The van der Waals surface area contributed by atoms with Gasteiger partial charge < -0.3 is 27.8 Å². The molecule has 2 heterocycles. The molecule has 5 fully saturated rings. The Kier molecular flexibility index (Phi) is 10.4. The molecule has 3 aliphatic carbocycles. The highest BCUT2D eigenvalue weighted by molar-refractivity contribution is 6.68. The summed E-state index contributed by atoms with van der Waals surface area (Å²) in [6.45, 7) is 23.6. The Morgan fingerprint density at radius 3 is 2.08 bits per heavy atom. The minimum absolute atomic E-state index is 0.0900. The third-order valence-corrected chi connectivity index (χ3v) is 17.1. The first-order valence-electron chi connectivity index (χ1n) is 19.7. The maximum absolute atomic E-state index is 8.01. The van der Waals surface area contributed by atoms with Gasteiger partial charge in [-0.25, -0.2) is 0 Å². The average molecular weight is 715 g/mol. The van der Waals surface area contributed by atoms with Crippen molar-refractivity contribution in [1.82, 2.24) is 0 Å². The summed E-state index contributed by atoms with van der Waals surface area (Å²) in [5.74, 6) is -0.914. The standard InChI is InChI=1S/C44H62O6Si/c1-9-10-28-44-38(46-30-33-22-16-12-17-23-33)36-31(2)26-27-35-43(36,7)40(48-42(5,6)47-35)37(45-29-32-20-14-11-15-21-32)39(41(44,3)4)49-51(8,50-44)34-24-18-13-19-25-34/h9,11-12,14-17,20-23,34-40H,1-2,10,13,18-19,24-30H2,3-8H3/t35-,36-,37+,38-,39-,40+,43+,44+,51?/m0/s1. The molecule has 0 spiro atoms. The van der Waals surface area contributed by atoms with E-state index in [2.05, 4.69) is 108 Å². The third-order valence-electron chi connectivity index (χ3n) is 13.5. The van der Waals surface area contributed by atoms with Crippen molar-refractivity contribution in [2.45, 2.75) is 160 Å². The number of hydrogen-bond donors (Lipinski definition) is 0. The summed E-state index contributed by atoms with van der Waals surface area (Å²) in [7, 11) is -2.89. The number of benzene rings is 2. The Labute approximate surface area is 308 Å². The van der Waals surface area contributed by atoms with Gasteiger partial charge in [-0.05, 0) is 70.0 Å². The second kappa shape index (κ2) is 14.3. The molecule has 3 saturated carbocycles. The van der Waals surface area contributed by atoms with Crippen molar-refractivity contribution in [1.29, 1.82) is 0 Å². The molecular formula is C44H62O6Si. The number of rotatable bonds is 10. The van der Waals surface area contributed by atoms with Gasteiger partial charge >= 0.3 is 8.56 Å². The highest BCUT2D eigenvalue weighted by Crippen LogP contribution is 2.65. The van der Waals surface area contributed by atoms with E-state index in [0.29, 0.717) is 18.8 Å². The van der Waals surface area contributed by atoms with Crippen molar-refractivity contribution < 1.29 is 27.8 Å². The molecule has 2 aromatic carbocycles. The summed E-state index contributed by atoms with van der Waals surface area (Å²) in [5, 5.41) is 0. The Bertz CT molecular complexity index is 1520. The van der Waals surface area contributed by atoms with Gasteiger partial charge in [-0.15, -0.1) is 6.58 Å².